The van der Waals surface area contributed by atoms with Gasteiger partial charge in [0.15, 0.2) is 40.2 Å². The minimum atomic E-state index is -0.424. The van der Waals surface area contributed by atoms with Gasteiger partial charge in [0.25, 0.3) is 0 Å². The van der Waals surface area contributed by atoms with Crippen LogP contribution in [0.4, 0.5) is 0 Å². The molecule has 10 nitrogen and oxygen atoms in total. The molecule has 0 aliphatic rings. The molecule has 2 heterocycles. The van der Waals surface area contributed by atoms with Gasteiger partial charge >= 0.3 is 0 Å². The lowest BCUT2D eigenvalue weighted by Gasteiger charge is -2.06. The number of ketones is 4. The van der Waals surface area contributed by atoms with E-state index in [1.807, 2.05) is 20.8 Å². The molecule has 0 amide bonds. The molecule has 47 heavy (non-hydrogen) atoms. The molecule has 0 spiro atoms. The van der Waals surface area contributed by atoms with E-state index in [1.54, 1.807) is 24.3 Å². The SMILES string of the molecule is CCOCC.CCOCOc1ccc(C(=O)CC(=O)c2snc(Cl)c2Cl)cc1.O=C(CC(=O)c1snc(Cl)c1Cl)c1ccc(O)cc1. The highest BCUT2D eigenvalue weighted by molar-refractivity contribution is 7.09. The molecule has 4 rings (SSSR count). The number of benzene rings is 2. The second-order valence-corrected chi connectivity index (χ2v) is 11.9. The number of hydrogen-bond acceptors (Lipinski definition) is 12. The Morgan fingerprint density at radius 1 is 0.638 bits per heavy atom. The Bertz CT molecular complexity index is 1630. The van der Waals surface area contributed by atoms with Crippen molar-refractivity contribution in [3.8, 4) is 11.5 Å². The molecule has 0 aliphatic heterocycles. The highest BCUT2D eigenvalue weighted by Gasteiger charge is 2.22. The summed E-state index contributed by atoms with van der Waals surface area (Å²) < 4.78 is 22.7. The third kappa shape index (κ3) is 13.2. The van der Waals surface area contributed by atoms with Crippen LogP contribution >= 0.6 is 69.5 Å². The Morgan fingerprint density at radius 2 is 1.04 bits per heavy atom. The van der Waals surface area contributed by atoms with Gasteiger partial charge < -0.3 is 19.3 Å². The number of hydrogen-bond donors (Lipinski definition) is 1. The summed E-state index contributed by atoms with van der Waals surface area (Å²) in [7, 11) is 0. The van der Waals surface area contributed by atoms with Crippen molar-refractivity contribution in [3.05, 3.63) is 89.8 Å². The van der Waals surface area contributed by atoms with Gasteiger partial charge in [-0.15, -0.1) is 0 Å². The Morgan fingerprint density at radius 3 is 1.38 bits per heavy atom. The summed E-state index contributed by atoms with van der Waals surface area (Å²) in [4.78, 5) is 48.3. The zero-order chi connectivity index (χ0) is 34.9. The van der Waals surface area contributed by atoms with Crippen LogP contribution in [0.15, 0.2) is 48.5 Å². The quantitative estimate of drug-likeness (QED) is 0.0573. The van der Waals surface area contributed by atoms with Gasteiger partial charge in [-0.3, -0.25) is 19.2 Å². The van der Waals surface area contributed by atoms with Crippen molar-refractivity contribution in [1.29, 1.82) is 0 Å². The van der Waals surface area contributed by atoms with Crippen molar-refractivity contribution in [2.75, 3.05) is 26.6 Å². The van der Waals surface area contributed by atoms with Gasteiger partial charge in [-0.2, -0.15) is 8.75 Å². The predicted molar refractivity (Wildman–Crippen MR) is 185 cm³/mol. The van der Waals surface area contributed by atoms with E-state index in [0.29, 0.717) is 23.5 Å². The van der Waals surface area contributed by atoms with E-state index in [-0.39, 0.29) is 67.1 Å². The number of Topliss-reactive ketones (excluding diaryl/α,β-unsaturated/α-hetero) is 4. The first-order chi connectivity index (χ1) is 22.4. The zero-order valence-corrected chi connectivity index (χ0v) is 30.0. The Kier molecular flexibility index (Phi) is 18.1. The van der Waals surface area contributed by atoms with E-state index in [2.05, 4.69) is 8.75 Å². The normalized spacial score (nSPS) is 10.3. The summed E-state index contributed by atoms with van der Waals surface area (Å²) in [6.45, 7) is 8.24. The van der Waals surface area contributed by atoms with Crippen molar-refractivity contribution >= 4 is 92.6 Å². The van der Waals surface area contributed by atoms with Gasteiger partial charge in [-0.25, -0.2) is 0 Å². The summed E-state index contributed by atoms with van der Waals surface area (Å²) in [5.74, 6) is -0.857. The lowest BCUT2D eigenvalue weighted by Crippen LogP contribution is -2.08. The first-order valence-corrected chi connectivity index (χ1v) is 16.9. The second kappa shape index (κ2) is 21.1. The summed E-state index contributed by atoms with van der Waals surface area (Å²) in [5, 5.41) is 9.43. The Labute approximate surface area is 299 Å². The van der Waals surface area contributed by atoms with E-state index in [4.69, 9.17) is 65.7 Å². The van der Waals surface area contributed by atoms with Crippen LogP contribution in [0, 0.1) is 0 Å². The maximum atomic E-state index is 12.1. The van der Waals surface area contributed by atoms with Crippen LogP contribution in [0.5, 0.6) is 11.5 Å². The van der Waals surface area contributed by atoms with E-state index >= 15 is 0 Å². The fourth-order valence-electron chi connectivity index (χ4n) is 3.30. The molecule has 0 atom stereocenters. The number of aromatic hydroxyl groups is 1. The monoisotopic (exact) mass is 762 g/mol. The van der Waals surface area contributed by atoms with Crippen molar-refractivity contribution in [1.82, 2.24) is 8.75 Å². The van der Waals surface area contributed by atoms with Crippen LogP contribution in [0.2, 0.25) is 20.4 Å². The van der Waals surface area contributed by atoms with E-state index < -0.39 is 11.6 Å². The first kappa shape index (κ1) is 40.2. The Balaban J connectivity index is 0.000000290. The molecule has 4 aromatic rings. The minimum Gasteiger partial charge on any atom is -0.508 e. The third-order valence-corrected chi connectivity index (χ3v) is 9.31. The summed E-state index contributed by atoms with van der Waals surface area (Å²) in [5.41, 5.74) is 0.756. The number of phenols is 1. The zero-order valence-electron chi connectivity index (χ0n) is 25.4. The fourth-order valence-corrected chi connectivity index (χ4v) is 5.64. The summed E-state index contributed by atoms with van der Waals surface area (Å²) in [6.07, 6.45) is -0.611. The summed E-state index contributed by atoms with van der Waals surface area (Å²) >= 11 is 24.8. The molecular weight excluding hydrogens is 734 g/mol. The van der Waals surface area contributed by atoms with Crippen LogP contribution in [-0.4, -0.2) is 63.6 Å². The van der Waals surface area contributed by atoms with Gasteiger partial charge in [0, 0.05) is 30.9 Å². The smallest absolute Gasteiger partial charge is 0.189 e. The van der Waals surface area contributed by atoms with E-state index in [9.17, 15) is 19.2 Å². The molecule has 2 aromatic heterocycles. The molecule has 0 saturated carbocycles. The molecule has 1 N–H and O–H groups in total. The van der Waals surface area contributed by atoms with Crippen molar-refractivity contribution < 1.29 is 38.5 Å². The highest BCUT2D eigenvalue weighted by atomic mass is 35.5. The van der Waals surface area contributed by atoms with E-state index in [1.165, 1.54) is 24.3 Å². The number of halogens is 4. The molecule has 0 fully saturated rings. The lowest BCUT2D eigenvalue weighted by molar-refractivity contribution is 0.0224. The molecule has 2 aromatic carbocycles. The number of phenolic OH excluding ortho intramolecular Hbond substituents is 1. The largest absolute Gasteiger partial charge is 0.508 e. The third-order valence-electron chi connectivity index (χ3n) is 5.63. The average Bonchev–Trinajstić information content (AvgIpc) is 3.58. The lowest BCUT2D eigenvalue weighted by atomic mass is 10.1. The predicted octanol–water partition coefficient (Wildman–Crippen LogP) is 8.93. The van der Waals surface area contributed by atoms with Crippen LogP contribution in [-0.2, 0) is 9.47 Å². The van der Waals surface area contributed by atoms with Crippen molar-refractivity contribution in [2.24, 2.45) is 0 Å². The van der Waals surface area contributed by atoms with Crippen LogP contribution in [0.25, 0.3) is 0 Å². The van der Waals surface area contributed by atoms with Gasteiger partial charge in [-0.1, -0.05) is 46.4 Å². The number of carbonyl (C=O) groups is 4. The molecule has 252 valence electrons. The number of carbonyl (C=O) groups excluding carboxylic acids is 4. The number of nitrogens with zero attached hydrogens (tertiary/aromatic N) is 2. The molecule has 0 saturated heterocycles. The fraction of sp³-hybridized carbons (Fsp3) is 0.290. The number of ether oxygens (including phenoxy) is 3. The molecule has 0 radical (unpaired) electrons. The topological polar surface area (TPSA) is 142 Å². The van der Waals surface area contributed by atoms with Crippen molar-refractivity contribution in [2.45, 2.75) is 33.6 Å². The average molecular weight is 765 g/mol. The second-order valence-electron chi connectivity index (χ2n) is 8.89. The van der Waals surface area contributed by atoms with Crippen LogP contribution < -0.4 is 4.74 Å². The number of aromatic nitrogens is 2. The van der Waals surface area contributed by atoms with Crippen molar-refractivity contribution in [3.63, 3.8) is 0 Å². The van der Waals surface area contributed by atoms with Gasteiger partial charge in [-0.05, 0) is 92.4 Å². The molecule has 16 heteroatoms. The molecule has 0 aliphatic carbocycles. The molecule has 0 unspecified atom stereocenters. The van der Waals surface area contributed by atoms with Gasteiger partial charge in [0.05, 0.1) is 12.8 Å². The maximum Gasteiger partial charge on any atom is 0.189 e. The van der Waals surface area contributed by atoms with E-state index in [0.717, 1.165) is 36.3 Å². The van der Waals surface area contributed by atoms with Gasteiger partial charge in [0.2, 0.25) is 0 Å². The van der Waals surface area contributed by atoms with Crippen LogP contribution in [0.3, 0.4) is 0 Å². The maximum absolute atomic E-state index is 12.1. The Hall–Kier alpha value is -2.94. The van der Waals surface area contributed by atoms with Gasteiger partial charge in [0.1, 0.15) is 31.3 Å². The highest BCUT2D eigenvalue weighted by Crippen LogP contribution is 2.31. The summed E-state index contributed by atoms with van der Waals surface area (Å²) in [6, 6.07) is 12.2. The minimum absolute atomic E-state index is 0.0557. The first-order valence-electron chi connectivity index (χ1n) is 13.8. The number of rotatable bonds is 14. The standard InChI is InChI=1S/C15H13Cl2NO4S.C12H7Cl2NO3S.C4H10O/c1-2-21-8-22-10-5-3-9(4-6-10)11(19)7-12(20)14-13(16)15(17)18-23-14;13-10-11(19-15-12(10)14)9(18)5-8(17)6-1-3-7(16)4-2-6;1-3-5-4-2/h3-6H,2,7-8H2,1H3;1-4,16H,5H2;3-4H2,1-2H3. The molecular formula is C31H30Cl4N2O8S2. The molecule has 0 bridgehead atoms. The van der Waals surface area contributed by atoms with Crippen LogP contribution in [0.1, 0.15) is 73.7 Å².